The highest BCUT2D eigenvalue weighted by Crippen LogP contribution is 2.37. The number of hydrogen-bond acceptors (Lipinski definition) is 4. The van der Waals surface area contributed by atoms with E-state index in [2.05, 4.69) is 31.3 Å². The second-order valence-electron chi connectivity index (χ2n) is 4.30. The lowest BCUT2D eigenvalue weighted by Crippen LogP contribution is -2.28. The predicted molar refractivity (Wildman–Crippen MR) is 74.4 cm³/mol. The Kier molecular flexibility index (Phi) is 3.05. The van der Waals surface area contributed by atoms with Gasteiger partial charge < -0.3 is 11.1 Å². The van der Waals surface area contributed by atoms with Crippen LogP contribution in [0.4, 0.5) is 5.82 Å². The maximum atomic E-state index is 5.80. The molecule has 1 atom stereocenters. The number of aromatic nitrogens is 3. The van der Waals surface area contributed by atoms with E-state index in [1.807, 2.05) is 16.8 Å². The Morgan fingerprint density at radius 2 is 2.22 bits per heavy atom. The van der Waals surface area contributed by atoms with E-state index in [1.54, 1.807) is 12.4 Å². The van der Waals surface area contributed by atoms with Gasteiger partial charge in [0.25, 0.3) is 0 Å². The van der Waals surface area contributed by atoms with Crippen molar-refractivity contribution < 1.29 is 0 Å². The first-order valence-electron chi connectivity index (χ1n) is 5.93. The summed E-state index contributed by atoms with van der Waals surface area (Å²) in [4.78, 5) is 4.03. The number of halogens is 1. The summed E-state index contributed by atoms with van der Waals surface area (Å²) in [5, 5.41) is 8.04. The van der Waals surface area contributed by atoms with Gasteiger partial charge in [-0.1, -0.05) is 0 Å². The molecule has 3 N–H and O–H groups in total. The van der Waals surface area contributed by atoms with Crippen LogP contribution >= 0.6 is 15.9 Å². The molecule has 0 aromatic carbocycles. The molecule has 2 aromatic rings. The first kappa shape index (κ1) is 11.7. The number of rotatable bonds is 2. The Labute approximate surface area is 114 Å². The minimum atomic E-state index is 0.271. The molecule has 0 saturated heterocycles. The number of pyridine rings is 1. The fourth-order valence-corrected chi connectivity index (χ4v) is 2.86. The maximum Gasteiger partial charge on any atom is 0.139 e. The van der Waals surface area contributed by atoms with Crippen molar-refractivity contribution in [1.82, 2.24) is 14.8 Å². The molecule has 5 nitrogen and oxygen atoms in total. The first-order chi connectivity index (χ1) is 8.81. The van der Waals surface area contributed by atoms with Gasteiger partial charge in [0, 0.05) is 31.0 Å². The van der Waals surface area contributed by atoms with E-state index in [9.17, 15) is 0 Å². The lowest BCUT2D eigenvalue weighted by atomic mass is 10.2. The van der Waals surface area contributed by atoms with E-state index in [4.69, 9.17) is 5.73 Å². The van der Waals surface area contributed by atoms with Crippen molar-refractivity contribution in [2.75, 3.05) is 18.4 Å². The van der Waals surface area contributed by atoms with Crippen molar-refractivity contribution >= 4 is 21.7 Å². The summed E-state index contributed by atoms with van der Waals surface area (Å²) in [6.45, 7) is 1.54. The molecule has 1 aliphatic rings. The number of anilines is 1. The first-order valence-corrected chi connectivity index (χ1v) is 6.73. The fraction of sp³-hybridized carbons (Fsp3) is 0.333. The molecule has 3 rings (SSSR count). The smallest absolute Gasteiger partial charge is 0.139 e. The fourth-order valence-electron chi connectivity index (χ4n) is 2.23. The van der Waals surface area contributed by atoms with Gasteiger partial charge in [0.05, 0.1) is 10.5 Å². The minimum absolute atomic E-state index is 0.271. The third kappa shape index (κ3) is 1.81. The largest absolute Gasteiger partial charge is 0.369 e. The molecule has 94 valence electrons. The lowest BCUT2D eigenvalue weighted by Gasteiger charge is -2.24. The summed E-state index contributed by atoms with van der Waals surface area (Å²) in [7, 11) is 0. The average Bonchev–Trinajstić information content (AvgIpc) is 2.77. The zero-order chi connectivity index (χ0) is 12.5. The molecule has 0 bridgehead atoms. The van der Waals surface area contributed by atoms with Gasteiger partial charge in [0.1, 0.15) is 11.5 Å². The van der Waals surface area contributed by atoms with Gasteiger partial charge in [-0.05, 0) is 34.5 Å². The lowest BCUT2D eigenvalue weighted by molar-refractivity contribution is 0.428. The quantitative estimate of drug-likeness (QED) is 0.890. The third-order valence-corrected chi connectivity index (χ3v) is 3.95. The highest BCUT2D eigenvalue weighted by atomic mass is 79.9. The molecule has 1 unspecified atom stereocenters. The molecule has 0 amide bonds. The van der Waals surface area contributed by atoms with Gasteiger partial charge in [0.15, 0.2) is 0 Å². The molecular formula is C12H14BrN5. The normalized spacial score (nSPS) is 18.2. The molecule has 2 aromatic heterocycles. The van der Waals surface area contributed by atoms with E-state index >= 15 is 0 Å². The SMILES string of the molecule is NCC1CCNc2c(Br)c(-c3ccncc3)nn21. The van der Waals surface area contributed by atoms with Crippen LogP contribution in [0.3, 0.4) is 0 Å². The van der Waals surface area contributed by atoms with Gasteiger partial charge in [0.2, 0.25) is 0 Å². The summed E-state index contributed by atoms with van der Waals surface area (Å²) >= 11 is 3.62. The Morgan fingerprint density at radius 1 is 1.44 bits per heavy atom. The van der Waals surface area contributed by atoms with Crippen molar-refractivity contribution in [3.05, 3.63) is 29.0 Å². The van der Waals surface area contributed by atoms with E-state index in [0.29, 0.717) is 6.54 Å². The molecule has 18 heavy (non-hydrogen) atoms. The van der Waals surface area contributed by atoms with Gasteiger partial charge in [-0.3, -0.25) is 4.98 Å². The van der Waals surface area contributed by atoms with Crippen LogP contribution in [0.5, 0.6) is 0 Å². The molecular weight excluding hydrogens is 294 g/mol. The van der Waals surface area contributed by atoms with Crippen LogP contribution in [0.25, 0.3) is 11.3 Å². The topological polar surface area (TPSA) is 68.8 Å². The maximum absolute atomic E-state index is 5.80. The number of nitrogens with two attached hydrogens (primary N) is 1. The number of nitrogens with zero attached hydrogens (tertiary/aromatic N) is 3. The molecule has 0 aliphatic carbocycles. The molecule has 0 radical (unpaired) electrons. The van der Waals surface area contributed by atoms with Crippen molar-refractivity contribution in [1.29, 1.82) is 0 Å². The molecule has 3 heterocycles. The third-order valence-electron chi connectivity index (χ3n) is 3.19. The number of hydrogen-bond donors (Lipinski definition) is 2. The summed E-state index contributed by atoms with van der Waals surface area (Å²) in [6.07, 6.45) is 4.55. The van der Waals surface area contributed by atoms with Crippen molar-refractivity contribution in [2.45, 2.75) is 12.5 Å². The monoisotopic (exact) mass is 307 g/mol. The van der Waals surface area contributed by atoms with Crippen LogP contribution in [-0.2, 0) is 0 Å². The molecule has 0 spiro atoms. The average molecular weight is 308 g/mol. The van der Waals surface area contributed by atoms with Crippen molar-refractivity contribution in [3.63, 3.8) is 0 Å². The Morgan fingerprint density at radius 3 is 2.94 bits per heavy atom. The standard InChI is InChI=1S/C12H14BrN5/c13-10-11(8-1-4-15-5-2-8)17-18-9(7-14)3-6-16-12(10)18/h1-2,4-5,9,16H,3,6-7,14H2. The van der Waals surface area contributed by atoms with Crippen LogP contribution in [-0.4, -0.2) is 27.9 Å². The van der Waals surface area contributed by atoms with Crippen molar-refractivity contribution in [2.24, 2.45) is 5.73 Å². The van der Waals surface area contributed by atoms with Gasteiger partial charge >= 0.3 is 0 Å². The Bertz CT molecular complexity index is 551. The molecule has 1 aliphatic heterocycles. The number of nitrogens with one attached hydrogen (secondary N) is 1. The van der Waals surface area contributed by atoms with Gasteiger partial charge in [-0.25, -0.2) is 4.68 Å². The molecule has 0 saturated carbocycles. The van der Waals surface area contributed by atoms with Crippen LogP contribution in [0.1, 0.15) is 12.5 Å². The summed E-state index contributed by atoms with van der Waals surface area (Å²) < 4.78 is 2.98. The van der Waals surface area contributed by atoms with E-state index in [1.165, 1.54) is 0 Å². The molecule has 0 fully saturated rings. The van der Waals surface area contributed by atoms with E-state index < -0.39 is 0 Å². The van der Waals surface area contributed by atoms with Crippen LogP contribution < -0.4 is 11.1 Å². The van der Waals surface area contributed by atoms with Gasteiger partial charge in [-0.15, -0.1) is 0 Å². The van der Waals surface area contributed by atoms with Crippen LogP contribution in [0.15, 0.2) is 29.0 Å². The highest BCUT2D eigenvalue weighted by molar-refractivity contribution is 9.10. The highest BCUT2D eigenvalue weighted by Gasteiger charge is 2.25. The second kappa shape index (κ2) is 4.70. The number of fused-ring (bicyclic) bond motifs is 1. The zero-order valence-corrected chi connectivity index (χ0v) is 11.4. The van der Waals surface area contributed by atoms with E-state index in [-0.39, 0.29) is 6.04 Å². The summed E-state index contributed by atoms with van der Waals surface area (Å²) in [5.74, 6) is 1.02. The predicted octanol–water partition coefficient (Wildman–Crippen LogP) is 2.02. The second-order valence-corrected chi connectivity index (χ2v) is 5.09. The van der Waals surface area contributed by atoms with Crippen LogP contribution in [0.2, 0.25) is 0 Å². The van der Waals surface area contributed by atoms with Gasteiger partial charge in [-0.2, -0.15) is 5.10 Å². The molecule has 6 heteroatoms. The minimum Gasteiger partial charge on any atom is -0.369 e. The van der Waals surface area contributed by atoms with Crippen molar-refractivity contribution in [3.8, 4) is 11.3 Å². The summed E-state index contributed by atoms with van der Waals surface area (Å²) in [6, 6.07) is 4.18. The zero-order valence-electron chi connectivity index (χ0n) is 9.81. The van der Waals surface area contributed by atoms with E-state index in [0.717, 1.165) is 34.5 Å². The Hall–Kier alpha value is -1.40. The van der Waals surface area contributed by atoms with Crippen LogP contribution in [0, 0.1) is 0 Å². The Balaban J connectivity index is 2.11. The summed E-state index contributed by atoms with van der Waals surface area (Å²) in [5.41, 5.74) is 7.79.